The largest absolute Gasteiger partial charge is 0.323 e. The number of pyridine rings is 3. The number of anilines is 2. The number of halogens is 1. The molecular formula is C20H14FN7. The summed E-state index contributed by atoms with van der Waals surface area (Å²) in [5, 5.41) is 13.0. The number of fused-ring (bicyclic) bond motifs is 1. The SMILES string of the molecule is Cc1ccc(C#N)nc1-c1ccc2c(Nc3ncc(CF)cn3)ccnc2n1. The maximum Gasteiger partial charge on any atom is 0.227 e. The maximum absolute atomic E-state index is 12.6. The Hall–Kier alpha value is -3.99. The zero-order valence-electron chi connectivity index (χ0n) is 14.9. The number of alkyl halides is 1. The van der Waals surface area contributed by atoms with Crippen molar-refractivity contribution in [3.63, 3.8) is 0 Å². The van der Waals surface area contributed by atoms with Crippen LogP contribution in [0.2, 0.25) is 0 Å². The molecule has 0 bridgehead atoms. The van der Waals surface area contributed by atoms with Gasteiger partial charge in [-0.3, -0.25) is 0 Å². The minimum Gasteiger partial charge on any atom is -0.323 e. The van der Waals surface area contributed by atoms with E-state index in [0.29, 0.717) is 34.2 Å². The van der Waals surface area contributed by atoms with E-state index in [1.807, 2.05) is 31.2 Å². The molecule has 7 nitrogen and oxygen atoms in total. The lowest BCUT2D eigenvalue weighted by atomic mass is 10.1. The summed E-state index contributed by atoms with van der Waals surface area (Å²) < 4.78 is 12.6. The monoisotopic (exact) mass is 371 g/mol. The van der Waals surface area contributed by atoms with Crippen LogP contribution in [-0.2, 0) is 6.67 Å². The Bertz CT molecular complexity index is 1200. The van der Waals surface area contributed by atoms with Crippen LogP contribution in [0, 0.1) is 18.3 Å². The summed E-state index contributed by atoms with van der Waals surface area (Å²) in [4.78, 5) is 21.5. The standard InChI is InChI=1S/C20H14FN7/c1-12-2-3-14(9-22)26-18(12)17-5-4-15-16(6-7-23-19(15)27-17)28-20-24-10-13(8-21)11-25-20/h2-7,10-11H,8H2,1H3,(H,23,24,25,27,28). The van der Waals surface area contributed by atoms with E-state index < -0.39 is 6.67 Å². The van der Waals surface area contributed by atoms with Gasteiger partial charge in [0.1, 0.15) is 18.4 Å². The van der Waals surface area contributed by atoms with Gasteiger partial charge in [-0.05, 0) is 36.8 Å². The van der Waals surface area contributed by atoms with Gasteiger partial charge in [0, 0.05) is 29.5 Å². The molecule has 136 valence electrons. The van der Waals surface area contributed by atoms with Gasteiger partial charge in [-0.25, -0.2) is 29.3 Å². The molecule has 0 aliphatic heterocycles. The van der Waals surface area contributed by atoms with Gasteiger partial charge in [-0.2, -0.15) is 5.26 Å². The zero-order chi connectivity index (χ0) is 19.5. The molecule has 0 radical (unpaired) electrons. The van der Waals surface area contributed by atoms with E-state index in [2.05, 4.69) is 30.2 Å². The van der Waals surface area contributed by atoms with Crippen molar-refractivity contribution in [1.29, 1.82) is 5.26 Å². The van der Waals surface area contributed by atoms with Crippen molar-refractivity contribution in [3.05, 3.63) is 65.7 Å². The summed E-state index contributed by atoms with van der Waals surface area (Å²) in [7, 11) is 0. The van der Waals surface area contributed by atoms with Crippen molar-refractivity contribution in [3.8, 4) is 17.5 Å². The Morgan fingerprint density at radius 1 is 1.04 bits per heavy atom. The molecule has 0 aromatic carbocycles. The molecule has 28 heavy (non-hydrogen) atoms. The third-order valence-corrected chi connectivity index (χ3v) is 4.16. The van der Waals surface area contributed by atoms with Gasteiger partial charge >= 0.3 is 0 Å². The fraction of sp³-hybridized carbons (Fsp3) is 0.100. The Morgan fingerprint density at radius 2 is 1.86 bits per heavy atom. The van der Waals surface area contributed by atoms with Gasteiger partial charge in [-0.1, -0.05) is 6.07 Å². The van der Waals surface area contributed by atoms with E-state index in [0.717, 1.165) is 16.6 Å². The van der Waals surface area contributed by atoms with Crippen LogP contribution in [0.1, 0.15) is 16.8 Å². The summed E-state index contributed by atoms with van der Waals surface area (Å²) in [6.45, 7) is 1.31. The van der Waals surface area contributed by atoms with Gasteiger partial charge in [0.15, 0.2) is 5.65 Å². The summed E-state index contributed by atoms with van der Waals surface area (Å²) in [5.41, 5.74) is 4.20. The molecule has 0 aliphatic carbocycles. The van der Waals surface area contributed by atoms with Crippen molar-refractivity contribution in [2.24, 2.45) is 0 Å². The van der Waals surface area contributed by atoms with Gasteiger partial charge in [-0.15, -0.1) is 0 Å². The normalized spacial score (nSPS) is 10.6. The predicted molar refractivity (Wildman–Crippen MR) is 102 cm³/mol. The third kappa shape index (κ3) is 3.33. The summed E-state index contributed by atoms with van der Waals surface area (Å²) in [5.74, 6) is 0.355. The second-order valence-electron chi connectivity index (χ2n) is 6.07. The predicted octanol–water partition coefficient (Wildman–Crippen LogP) is 3.88. The summed E-state index contributed by atoms with van der Waals surface area (Å²) in [6.07, 6.45) is 4.50. The smallest absolute Gasteiger partial charge is 0.227 e. The quantitative estimate of drug-likeness (QED) is 0.581. The van der Waals surface area contributed by atoms with E-state index in [1.54, 1.807) is 18.3 Å². The Labute approximate surface area is 160 Å². The Kier molecular flexibility index (Phi) is 4.56. The molecule has 0 aliphatic rings. The van der Waals surface area contributed by atoms with Crippen LogP contribution < -0.4 is 5.32 Å². The lowest BCUT2D eigenvalue weighted by molar-refractivity contribution is 0.483. The first kappa shape index (κ1) is 17.4. The molecule has 0 saturated heterocycles. The van der Waals surface area contributed by atoms with Crippen LogP contribution in [0.25, 0.3) is 22.4 Å². The molecule has 0 spiro atoms. The molecule has 4 rings (SSSR count). The molecule has 4 aromatic rings. The Morgan fingerprint density at radius 3 is 2.61 bits per heavy atom. The molecule has 4 heterocycles. The van der Waals surface area contributed by atoms with Crippen LogP contribution in [0.4, 0.5) is 16.0 Å². The fourth-order valence-electron chi connectivity index (χ4n) is 2.73. The molecule has 4 aromatic heterocycles. The second kappa shape index (κ2) is 7.32. The van der Waals surface area contributed by atoms with E-state index in [9.17, 15) is 4.39 Å². The van der Waals surface area contributed by atoms with E-state index in [1.165, 1.54) is 12.4 Å². The van der Waals surface area contributed by atoms with Gasteiger partial charge in [0.05, 0.1) is 17.1 Å². The maximum atomic E-state index is 12.6. The highest BCUT2D eigenvalue weighted by atomic mass is 19.1. The third-order valence-electron chi connectivity index (χ3n) is 4.16. The average Bonchev–Trinajstić information content (AvgIpc) is 2.74. The number of nitrogens with zero attached hydrogens (tertiary/aromatic N) is 6. The van der Waals surface area contributed by atoms with Crippen LogP contribution >= 0.6 is 0 Å². The van der Waals surface area contributed by atoms with Gasteiger partial charge in [0.25, 0.3) is 0 Å². The molecule has 0 fully saturated rings. The van der Waals surface area contributed by atoms with Crippen LogP contribution in [0.3, 0.4) is 0 Å². The zero-order valence-corrected chi connectivity index (χ0v) is 14.9. The lowest BCUT2D eigenvalue weighted by Crippen LogP contribution is -2.00. The lowest BCUT2D eigenvalue weighted by Gasteiger charge is -2.09. The van der Waals surface area contributed by atoms with Gasteiger partial charge in [0.2, 0.25) is 5.95 Å². The highest BCUT2D eigenvalue weighted by Gasteiger charge is 2.11. The molecule has 0 amide bonds. The van der Waals surface area contributed by atoms with Crippen molar-refractivity contribution < 1.29 is 4.39 Å². The molecule has 0 saturated carbocycles. The fourth-order valence-corrected chi connectivity index (χ4v) is 2.73. The molecule has 0 atom stereocenters. The van der Waals surface area contributed by atoms with Crippen molar-refractivity contribution in [2.75, 3.05) is 5.32 Å². The number of nitriles is 1. The minimum absolute atomic E-state index is 0.333. The minimum atomic E-state index is -0.606. The number of aromatic nitrogens is 5. The first-order valence-corrected chi connectivity index (χ1v) is 8.45. The van der Waals surface area contributed by atoms with Crippen LogP contribution in [-0.4, -0.2) is 24.9 Å². The van der Waals surface area contributed by atoms with Crippen molar-refractivity contribution in [2.45, 2.75) is 13.6 Å². The number of rotatable bonds is 4. The summed E-state index contributed by atoms with van der Waals surface area (Å²) >= 11 is 0. The topological polar surface area (TPSA) is 100 Å². The number of hydrogen-bond acceptors (Lipinski definition) is 7. The Balaban J connectivity index is 1.73. The number of nitrogens with one attached hydrogen (secondary N) is 1. The second-order valence-corrected chi connectivity index (χ2v) is 6.07. The molecule has 8 heteroatoms. The first-order chi connectivity index (χ1) is 13.7. The van der Waals surface area contributed by atoms with Crippen molar-refractivity contribution in [1.82, 2.24) is 24.9 Å². The molecular weight excluding hydrogens is 357 g/mol. The molecule has 1 N–H and O–H groups in total. The number of hydrogen-bond donors (Lipinski definition) is 1. The van der Waals surface area contributed by atoms with Gasteiger partial charge < -0.3 is 5.32 Å². The summed E-state index contributed by atoms with van der Waals surface area (Å²) in [6, 6.07) is 11.1. The highest BCUT2D eigenvalue weighted by molar-refractivity contribution is 5.91. The van der Waals surface area contributed by atoms with E-state index in [-0.39, 0.29) is 0 Å². The van der Waals surface area contributed by atoms with Crippen LogP contribution in [0.5, 0.6) is 0 Å². The average molecular weight is 371 g/mol. The van der Waals surface area contributed by atoms with E-state index >= 15 is 0 Å². The highest BCUT2D eigenvalue weighted by Crippen LogP contribution is 2.26. The number of aryl methyl sites for hydroxylation is 1. The van der Waals surface area contributed by atoms with E-state index in [4.69, 9.17) is 5.26 Å². The van der Waals surface area contributed by atoms with Crippen molar-refractivity contribution >= 4 is 22.7 Å². The molecule has 0 unspecified atom stereocenters. The van der Waals surface area contributed by atoms with Crippen LogP contribution in [0.15, 0.2) is 48.9 Å². The first-order valence-electron chi connectivity index (χ1n) is 8.45.